The van der Waals surface area contributed by atoms with Crippen LogP contribution in [0.2, 0.25) is 0 Å². The lowest BCUT2D eigenvalue weighted by molar-refractivity contribution is -0.130. The number of nitriles is 1. The molecule has 8 N–H and O–H groups in total. The molecule has 1 aliphatic heterocycles. The van der Waals surface area contributed by atoms with Gasteiger partial charge < -0.3 is 21.7 Å². The molecule has 1 fully saturated rings. The van der Waals surface area contributed by atoms with E-state index in [9.17, 15) is 19.6 Å². The summed E-state index contributed by atoms with van der Waals surface area (Å²) in [5.74, 6) is 4.32. The lowest BCUT2D eigenvalue weighted by Gasteiger charge is -2.37. The third kappa shape index (κ3) is 4.95. The number of amides is 3. The van der Waals surface area contributed by atoms with Gasteiger partial charge in [0.2, 0.25) is 11.8 Å². The van der Waals surface area contributed by atoms with Gasteiger partial charge in [0.05, 0.1) is 18.0 Å². The summed E-state index contributed by atoms with van der Waals surface area (Å²) in [6.07, 6.45) is 6.35. The minimum absolute atomic E-state index is 0.0679. The number of aryl methyl sites for hydroxylation is 1. The molecular weight excluding hydrogens is 482 g/mol. The van der Waals surface area contributed by atoms with Crippen molar-refractivity contribution in [1.82, 2.24) is 15.6 Å². The molecule has 38 heavy (non-hydrogen) atoms. The summed E-state index contributed by atoms with van der Waals surface area (Å²) in [6.45, 7) is 4.88. The molecule has 3 aliphatic rings. The number of fused-ring (bicyclic) bond motifs is 1. The Morgan fingerprint density at radius 1 is 1.18 bits per heavy atom. The second kappa shape index (κ2) is 11.2. The molecule has 10 nitrogen and oxygen atoms in total. The van der Waals surface area contributed by atoms with E-state index in [0.717, 1.165) is 34.3 Å². The molecule has 0 spiro atoms. The summed E-state index contributed by atoms with van der Waals surface area (Å²) >= 11 is 0. The molecule has 1 heterocycles. The van der Waals surface area contributed by atoms with E-state index in [1.54, 1.807) is 23.1 Å². The van der Waals surface area contributed by atoms with Crippen LogP contribution in [0.5, 0.6) is 0 Å². The summed E-state index contributed by atoms with van der Waals surface area (Å²) in [4.78, 5) is 40.0. The normalized spacial score (nSPS) is 22.5. The fourth-order valence-corrected chi connectivity index (χ4v) is 6.09. The molecule has 0 saturated carbocycles. The summed E-state index contributed by atoms with van der Waals surface area (Å²) < 4.78 is 0. The number of rotatable bonds is 8. The Labute approximate surface area is 222 Å². The predicted molar refractivity (Wildman–Crippen MR) is 143 cm³/mol. The van der Waals surface area contributed by atoms with E-state index in [4.69, 9.17) is 17.3 Å². The van der Waals surface area contributed by atoms with Crippen molar-refractivity contribution in [2.45, 2.75) is 56.4 Å². The monoisotopic (exact) mass is 517 g/mol. The van der Waals surface area contributed by atoms with Crippen LogP contribution in [0.1, 0.15) is 60.0 Å². The third-order valence-electron chi connectivity index (χ3n) is 8.03. The number of hydrogen-bond donors (Lipinski definition) is 5. The highest BCUT2D eigenvalue weighted by molar-refractivity contribution is 5.96. The summed E-state index contributed by atoms with van der Waals surface area (Å²) in [6, 6.07) is 7.03. The topological polar surface area (TPSA) is 180 Å². The van der Waals surface area contributed by atoms with Gasteiger partial charge in [-0.05, 0) is 91.5 Å². The van der Waals surface area contributed by atoms with Crippen molar-refractivity contribution < 1.29 is 14.4 Å². The fraction of sp³-hybridized carbons (Fsp3) is 0.429. The Hall–Kier alpha value is -3.94. The lowest BCUT2D eigenvalue weighted by atomic mass is 9.66. The minimum atomic E-state index is -1.13. The van der Waals surface area contributed by atoms with E-state index < -0.39 is 17.2 Å². The van der Waals surface area contributed by atoms with Gasteiger partial charge in [-0.2, -0.15) is 5.26 Å². The highest BCUT2D eigenvalue weighted by atomic mass is 16.2. The number of carbonyl (C=O) groups is 3. The number of nitrogens with two attached hydrogens (primary N) is 3. The average molecular weight is 518 g/mol. The van der Waals surface area contributed by atoms with Gasteiger partial charge in [-0.3, -0.25) is 19.8 Å². The minimum Gasteiger partial charge on any atom is -0.399 e. The predicted octanol–water partition coefficient (Wildman–Crippen LogP) is 0.943. The second-order valence-corrected chi connectivity index (χ2v) is 10.1. The van der Waals surface area contributed by atoms with Gasteiger partial charge in [0.1, 0.15) is 6.04 Å². The first-order valence-electron chi connectivity index (χ1n) is 12.9. The van der Waals surface area contributed by atoms with Crippen molar-refractivity contribution in [2.75, 3.05) is 19.6 Å². The fourth-order valence-electron chi connectivity index (χ4n) is 6.09. The van der Waals surface area contributed by atoms with Crippen LogP contribution in [0.25, 0.3) is 0 Å². The highest BCUT2D eigenvalue weighted by Crippen LogP contribution is 2.47. The van der Waals surface area contributed by atoms with E-state index >= 15 is 0 Å². The molecule has 1 aromatic carbocycles. The van der Waals surface area contributed by atoms with Crippen molar-refractivity contribution >= 4 is 17.7 Å². The number of nitrogens with zero attached hydrogens (tertiary/aromatic N) is 2. The molecule has 1 saturated heterocycles. The van der Waals surface area contributed by atoms with Crippen LogP contribution in [0.15, 0.2) is 53.3 Å². The number of hydrogen-bond acceptors (Lipinski definition) is 7. The zero-order chi connectivity index (χ0) is 27.4. The highest BCUT2D eigenvalue weighted by Gasteiger charge is 2.46. The van der Waals surface area contributed by atoms with Crippen molar-refractivity contribution in [3.63, 3.8) is 0 Å². The van der Waals surface area contributed by atoms with E-state index in [0.29, 0.717) is 62.9 Å². The largest absolute Gasteiger partial charge is 0.399 e. The van der Waals surface area contributed by atoms with Crippen LogP contribution in [0.4, 0.5) is 0 Å². The Balaban J connectivity index is 1.68. The maximum Gasteiger partial charge on any atom is 0.265 e. The number of benzene rings is 1. The molecule has 200 valence electrons. The third-order valence-corrected chi connectivity index (χ3v) is 8.03. The van der Waals surface area contributed by atoms with Crippen molar-refractivity contribution in [2.24, 2.45) is 17.3 Å². The Bertz CT molecular complexity index is 1280. The number of hydrazine groups is 1. The lowest BCUT2D eigenvalue weighted by Crippen LogP contribution is -2.47. The first-order chi connectivity index (χ1) is 18.2. The summed E-state index contributed by atoms with van der Waals surface area (Å²) in [7, 11) is 0. The SMILES string of the molecule is C=C(N)C1=CC2=C(CC1)C(CCNCC(=O)N1CCCC1C#N)(C(N)=O)c1ccc(C(=O)NN)cc1CC2. The number of allylic oxidation sites excluding steroid dienone is 3. The van der Waals surface area contributed by atoms with E-state index in [1.807, 2.05) is 6.08 Å². The second-order valence-electron chi connectivity index (χ2n) is 10.1. The maximum absolute atomic E-state index is 13.4. The molecule has 10 heteroatoms. The molecule has 2 atom stereocenters. The average Bonchev–Trinajstić information content (AvgIpc) is 3.35. The number of primary amides is 1. The number of nitrogens with one attached hydrogen (secondary N) is 2. The Kier molecular flexibility index (Phi) is 7.99. The zero-order valence-corrected chi connectivity index (χ0v) is 21.5. The summed E-state index contributed by atoms with van der Waals surface area (Å²) in [5, 5.41) is 12.5. The van der Waals surface area contributed by atoms with Crippen LogP contribution >= 0.6 is 0 Å². The standard InChI is InChI=1S/C28H35N7O3/c1-17(30)18-6-8-23-19(13-18)4-5-20-14-21(26(37)34-32)7-9-24(20)28(23,27(31)38)10-11-33-16-25(36)35-12-2-3-22(35)15-29/h7,9,13-14,22,33H,1-6,8,10-12,16,30,32H2,(H2,31,38)(H,34,37). The van der Waals surface area contributed by atoms with E-state index in [1.165, 1.54) is 0 Å². The van der Waals surface area contributed by atoms with Gasteiger partial charge in [-0.1, -0.05) is 18.7 Å². The first-order valence-corrected chi connectivity index (χ1v) is 12.9. The zero-order valence-electron chi connectivity index (χ0n) is 21.5. The van der Waals surface area contributed by atoms with Gasteiger partial charge in [0.15, 0.2) is 0 Å². The van der Waals surface area contributed by atoms with Crippen LogP contribution in [0.3, 0.4) is 0 Å². The van der Waals surface area contributed by atoms with Crippen LogP contribution < -0.4 is 28.1 Å². The molecule has 1 aromatic rings. The van der Waals surface area contributed by atoms with Crippen LogP contribution in [-0.2, 0) is 21.4 Å². The molecule has 4 rings (SSSR count). The Morgan fingerprint density at radius 3 is 2.66 bits per heavy atom. The van der Waals surface area contributed by atoms with Gasteiger partial charge in [0.25, 0.3) is 5.91 Å². The summed E-state index contributed by atoms with van der Waals surface area (Å²) in [5.41, 5.74) is 18.7. The first kappa shape index (κ1) is 27.1. The Morgan fingerprint density at radius 2 is 1.97 bits per heavy atom. The smallest absolute Gasteiger partial charge is 0.265 e. The van der Waals surface area contributed by atoms with Gasteiger partial charge in [-0.15, -0.1) is 0 Å². The maximum atomic E-state index is 13.4. The molecule has 2 aliphatic carbocycles. The molecule has 0 radical (unpaired) electrons. The van der Waals surface area contributed by atoms with Gasteiger partial charge >= 0.3 is 0 Å². The van der Waals surface area contributed by atoms with Crippen molar-refractivity contribution in [3.05, 3.63) is 70.0 Å². The van der Waals surface area contributed by atoms with E-state index in [2.05, 4.69) is 23.4 Å². The molecule has 3 amide bonds. The van der Waals surface area contributed by atoms with Crippen LogP contribution in [-0.4, -0.2) is 48.3 Å². The number of carbonyl (C=O) groups excluding carboxylic acids is 3. The molecular formula is C28H35N7O3. The van der Waals surface area contributed by atoms with E-state index in [-0.39, 0.29) is 18.5 Å². The molecule has 2 unspecified atom stereocenters. The number of likely N-dealkylation sites (tertiary alicyclic amines) is 1. The number of nitrogen functional groups attached to an aromatic ring is 1. The molecule has 0 bridgehead atoms. The quantitative estimate of drug-likeness (QED) is 0.147. The molecule has 0 aromatic heterocycles. The van der Waals surface area contributed by atoms with Gasteiger partial charge in [-0.25, -0.2) is 5.84 Å². The van der Waals surface area contributed by atoms with Crippen molar-refractivity contribution in [3.8, 4) is 6.07 Å². The van der Waals surface area contributed by atoms with Crippen LogP contribution in [0, 0.1) is 11.3 Å². The van der Waals surface area contributed by atoms with Crippen molar-refractivity contribution in [1.29, 1.82) is 5.26 Å². The van der Waals surface area contributed by atoms with Gasteiger partial charge in [0, 0.05) is 17.8 Å².